The van der Waals surface area contributed by atoms with E-state index in [0.717, 1.165) is 42.0 Å². The Morgan fingerprint density at radius 1 is 1.21 bits per heavy atom. The maximum atomic E-state index is 12.5. The molecule has 7 nitrogen and oxygen atoms in total. The number of ether oxygens (including phenoxy) is 1. The standard InChI is InChI=1S/C21H28N4O3/c1-14-18(13-16-6-8-17(28-3)9-7-16)15(2)23-21(22-14)24-19-5-4-10-25(11-12-26)20(19)27/h6-9,19,26H,4-5,10-13H2,1-3H3,(H,22,23,24). The molecule has 1 saturated heterocycles. The molecule has 0 bridgehead atoms. The van der Waals surface area contributed by atoms with Crippen molar-refractivity contribution in [2.75, 3.05) is 32.1 Å². The first-order valence-corrected chi connectivity index (χ1v) is 9.65. The second kappa shape index (κ2) is 9.01. The molecule has 0 spiro atoms. The van der Waals surface area contributed by atoms with Crippen LogP contribution in [-0.4, -0.2) is 58.7 Å². The monoisotopic (exact) mass is 384 g/mol. The Balaban J connectivity index is 1.73. The first-order chi connectivity index (χ1) is 13.5. The second-order valence-corrected chi connectivity index (χ2v) is 7.11. The third-order valence-electron chi connectivity index (χ3n) is 5.16. The maximum absolute atomic E-state index is 12.5. The van der Waals surface area contributed by atoms with E-state index in [9.17, 15) is 4.79 Å². The highest BCUT2D eigenvalue weighted by atomic mass is 16.5. The lowest BCUT2D eigenvalue weighted by Crippen LogP contribution is -2.48. The van der Waals surface area contributed by atoms with Gasteiger partial charge in [0.15, 0.2) is 0 Å². The van der Waals surface area contributed by atoms with E-state index in [1.807, 2.05) is 38.1 Å². The van der Waals surface area contributed by atoms with Gasteiger partial charge in [-0.2, -0.15) is 0 Å². The van der Waals surface area contributed by atoms with Crippen LogP contribution in [0.25, 0.3) is 0 Å². The number of aryl methyl sites for hydroxylation is 2. The van der Waals surface area contributed by atoms with Gasteiger partial charge in [0.1, 0.15) is 11.8 Å². The second-order valence-electron chi connectivity index (χ2n) is 7.11. The Hall–Kier alpha value is -2.67. The molecule has 150 valence electrons. The van der Waals surface area contributed by atoms with Crippen molar-refractivity contribution < 1.29 is 14.6 Å². The molecule has 1 aliphatic rings. The summed E-state index contributed by atoms with van der Waals surface area (Å²) in [5.74, 6) is 1.32. The molecule has 2 N–H and O–H groups in total. The van der Waals surface area contributed by atoms with Gasteiger partial charge in [-0.1, -0.05) is 12.1 Å². The van der Waals surface area contributed by atoms with Crippen LogP contribution in [0.1, 0.15) is 35.4 Å². The SMILES string of the molecule is COc1ccc(Cc2c(C)nc(NC3CCCN(CCO)C3=O)nc2C)cc1. The number of aromatic nitrogens is 2. The summed E-state index contributed by atoms with van der Waals surface area (Å²) in [7, 11) is 1.66. The Morgan fingerprint density at radius 3 is 2.50 bits per heavy atom. The summed E-state index contributed by atoms with van der Waals surface area (Å²) in [5.41, 5.74) is 4.06. The largest absolute Gasteiger partial charge is 0.497 e. The fourth-order valence-electron chi connectivity index (χ4n) is 3.58. The molecule has 1 aliphatic heterocycles. The number of carbonyl (C=O) groups is 1. The first kappa shape index (κ1) is 20.1. The van der Waals surface area contributed by atoms with Crippen molar-refractivity contribution in [2.24, 2.45) is 0 Å². The van der Waals surface area contributed by atoms with Crippen LogP contribution in [0.3, 0.4) is 0 Å². The molecule has 28 heavy (non-hydrogen) atoms. The van der Waals surface area contributed by atoms with Crippen molar-refractivity contribution >= 4 is 11.9 Å². The highest BCUT2D eigenvalue weighted by Gasteiger charge is 2.29. The van der Waals surface area contributed by atoms with Gasteiger partial charge in [-0.05, 0) is 49.9 Å². The van der Waals surface area contributed by atoms with Crippen LogP contribution in [0.4, 0.5) is 5.95 Å². The normalized spacial score (nSPS) is 16.9. The Morgan fingerprint density at radius 2 is 1.89 bits per heavy atom. The van der Waals surface area contributed by atoms with Crippen molar-refractivity contribution in [3.63, 3.8) is 0 Å². The number of piperidine rings is 1. The van der Waals surface area contributed by atoms with Crippen LogP contribution in [0, 0.1) is 13.8 Å². The zero-order valence-corrected chi connectivity index (χ0v) is 16.7. The van der Waals surface area contributed by atoms with Gasteiger partial charge in [0, 0.05) is 30.9 Å². The van der Waals surface area contributed by atoms with E-state index in [1.165, 1.54) is 5.56 Å². The molecule has 1 amide bonds. The Labute approximate surface area is 165 Å². The molecule has 1 atom stereocenters. The molecule has 0 aliphatic carbocycles. The number of methoxy groups -OCH3 is 1. The molecule has 1 aromatic heterocycles. The van der Waals surface area contributed by atoms with Crippen LogP contribution in [0.2, 0.25) is 0 Å². The van der Waals surface area contributed by atoms with Gasteiger partial charge in [-0.25, -0.2) is 9.97 Å². The smallest absolute Gasteiger partial charge is 0.245 e. The summed E-state index contributed by atoms with van der Waals surface area (Å²) < 4.78 is 5.21. The van der Waals surface area contributed by atoms with E-state index >= 15 is 0 Å². The van der Waals surface area contributed by atoms with Crippen LogP contribution < -0.4 is 10.1 Å². The third kappa shape index (κ3) is 4.59. The quantitative estimate of drug-likeness (QED) is 0.760. The number of anilines is 1. The van der Waals surface area contributed by atoms with Gasteiger partial charge in [-0.15, -0.1) is 0 Å². The fraction of sp³-hybridized carbons (Fsp3) is 0.476. The van der Waals surface area contributed by atoms with Crippen molar-refractivity contribution in [3.8, 4) is 5.75 Å². The number of carbonyl (C=O) groups excluding carboxylic acids is 1. The number of likely N-dealkylation sites (tertiary alicyclic amines) is 1. The summed E-state index contributed by atoms with van der Waals surface area (Å²) in [6, 6.07) is 7.64. The van der Waals surface area contributed by atoms with Gasteiger partial charge in [0.25, 0.3) is 0 Å². The van der Waals surface area contributed by atoms with Crippen LogP contribution in [-0.2, 0) is 11.2 Å². The van der Waals surface area contributed by atoms with E-state index < -0.39 is 0 Å². The number of benzene rings is 1. The van der Waals surface area contributed by atoms with Gasteiger partial charge >= 0.3 is 0 Å². The topological polar surface area (TPSA) is 87.6 Å². The fourth-order valence-corrected chi connectivity index (χ4v) is 3.58. The molecule has 3 rings (SSSR count). The predicted molar refractivity (Wildman–Crippen MR) is 108 cm³/mol. The van der Waals surface area contributed by atoms with Crippen LogP contribution in [0.15, 0.2) is 24.3 Å². The van der Waals surface area contributed by atoms with E-state index in [4.69, 9.17) is 9.84 Å². The molecule has 1 fully saturated rings. The number of aliphatic hydroxyl groups excluding tert-OH is 1. The summed E-state index contributed by atoms with van der Waals surface area (Å²) in [4.78, 5) is 23.4. The Bertz CT molecular complexity index is 798. The lowest BCUT2D eigenvalue weighted by molar-refractivity contribution is -0.134. The number of nitrogens with one attached hydrogen (secondary N) is 1. The number of β-amino-alcohol motifs (C(OH)–C–C–N with tert-alkyl or cyclic N) is 1. The zero-order valence-electron chi connectivity index (χ0n) is 16.7. The molecular formula is C21H28N4O3. The Kier molecular flexibility index (Phi) is 6.46. The molecule has 7 heteroatoms. The number of rotatable bonds is 7. The van der Waals surface area contributed by atoms with Gasteiger partial charge in [0.05, 0.1) is 13.7 Å². The first-order valence-electron chi connectivity index (χ1n) is 9.65. The lowest BCUT2D eigenvalue weighted by Gasteiger charge is -2.32. The van der Waals surface area contributed by atoms with E-state index in [2.05, 4.69) is 15.3 Å². The minimum absolute atomic E-state index is 0.00140. The minimum Gasteiger partial charge on any atom is -0.497 e. The minimum atomic E-state index is -0.341. The molecule has 1 aromatic carbocycles. The lowest BCUT2D eigenvalue weighted by atomic mass is 10.0. The number of aliphatic hydroxyl groups is 1. The molecule has 0 saturated carbocycles. The number of hydrogen-bond acceptors (Lipinski definition) is 6. The number of nitrogens with zero attached hydrogens (tertiary/aromatic N) is 3. The summed E-state index contributed by atoms with van der Waals surface area (Å²) in [6.45, 7) is 4.99. The number of hydrogen-bond donors (Lipinski definition) is 2. The van der Waals surface area contributed by atoms with E-state index in [0.29, 0.717) is 19.0 Å². The van der Waals surface area contributed by atoms with E-state index in [1.54, 1.807) is 12.0 Å². The van der Waals surface area contributed by atoms with Crippen molar-refractivity contribution in [1.29, 1.82) is 0 Å². The highest BCUT2D eigenvalue weighted by Crippen LogP contribution is 2.21. The number of amides is 1. The van der Waals surface area contributed by atoms with Crippen molar-refractivity contribution in [2.45, 2.75) is 39.2 Å². The predicted octanol–water partition coefficient (Wildman–Crippen LogP) is 2.09. The third-order valence-corrected chi connectivity index (χ3v) is 5.16. The average Bonchev–Trinajstić information content (AvgIpc) is 2.68. The molecule has 1 unspecified atom stereocenters. The van der Waals surface area contributed by atoms with Gasteiger partial charge in [0.2, 0.25) is 11.9 Å². The molecule has 2 aromatic rings. The van der Waals surface area contributed by atoms with Crippen molar-refractivity contribution in [3.05, 3.63) is 46.8 Å². The van der Waals surface area contributed by atoms with Gasteiger partial charge in [-0.3, -0.25) is 4.79 Å². The average molecular weight is 384 g/mol. The van der Waals surface area contributed by atoms with Crippen LogP contribution >= 0.6 is 0 Å². The van der Waals surface area contributed by atoms with Gasteiger partial charge < -0.3 is 20.1 Å². The van der Waals surface area contributed by atoms with Crippen molar-refractivity contribution in [1.82, 2.24) is 14.9 Å². The summed E-state index contributed by atoms with van der Waals surface area (Å²) in [5, 5.41) is 12.3. The molecular weight excluding hydrogens is 356 g/mol. The van der Waals surface area contributed by atoms with Crippen LogP contribution in [0.5, 0.6) is 5.75 Å². The zero-order chi connectivity index (χ0) is 20.1. The summed E-state index contributed by atoms with van der Waals surface area (Å²) >= 11 is 0. The van der Waals surface area contributed by atoms with E-state index in [-0.39, 0.29) is 18.6 Å². The molecule has 2 heterocycles. The highest BCUT2D eigenvalue weighted by molar-refractivity contribution is 5.85. The maximum Gasteiger partial charge on any atom is 0.245 e. The summed E-state index contributed by atoms with van der Waals surface area (Å²) in [6.07, 6.45) is 2.39. The molecule has 0 radical (unpaired) electrons.